The van der Waals surface area contributed by atoms with Crippen LogP contribution in [-0.2, 0) is 11.3 Å². The highest BCUT2D eigenvalue weighted by Gasteiger charge is 2.22. The third-order valence-electron chi connectivity index (χ3n) is 5.83. The molecule has 0 aliphatic heterocycles. The van der Waals surface area contributed by atoms with Crippen LogP contribution in [0.25, 0.3) is 16.9 Å². The zero-order valence-corrected chi connectivity index (χ0v) is 21.9. The van der Waals surface area contributed by atoms with E-state index in [-0.39, 0.29) is 23.7 Å². The number of rotatable bonds is 8. The summed E-state index contributed by atoms with van der Waals surface area (Å²) in [7, 11) is 0. The Morgan fingerprint density at radius 2 is 1.69 bits per heavy atom. The first-order valence-corrected chi connectivity index (χ1v) is 12.6. The van der Waals surface area contributed by atoms with Gasteiger partial charge in [0.25, 0.3) is 5.91 Å². The summed E-state index contributed by atoms with van der Waals surface area (Å²) in [6.07, 6.45) is 1.49. The molecule has 3 aromatic carbocycles. The number of hydrogen-bond acceptors (Lipinski definition) is 4. The number of halogens is 3. The highest BCUT2D eigenvalue weighted by atomic mass is 35.5. The molecule has 0 saturated carbocycles. The third kappa shape index (κ3) is 6.19. The number of hydrogen-bond donors (Lipinski definition) is 1. The summed E-state index contributed by atoms with van der Waals surface area (Å²) in [5, 5.41) is 8.01. The van der Waals surface area contributed by atoms with Gasteiger partial charge in [0, 0.05) is 17.2 Å². The highest BCUT2D eigenvalue weighted by Crippen LogP contribution is 2.26. The average molecular weight is 563 g/mol. The molecular weight excluding hydrogens is 542 g/mol. The quantitative estimate of drug-likeness (QED) is 0.224. The zero-order valence-electron chi connectivity index (χ0n) is 20.4. The Labute approximate surface area is 233 Å². The molecule has 0 aliphatic carbocycles. The third-order valence-corrected chi connectivity index (χ3v) is 6.57. The second-order valence-electron chi connectivity index (χ2n) is 8.59. The Hall–Kier alpha value is -4.40. The van der Waals surface area contributed by atoms with E-state index in [1.165, 1.54) is 40.1 Å². The van der Waals surface area contributed by atoms with Crippen LogP contribution in [0.4, 0.5) is 10.2 Å². The molecule has 2 heterocycles. The van der Waals surface area contributed by atoms with Crippen LogP contribution in [0.1, 0.15) is 16.1 Å². The van der Waals surface area contributed by atoms with Gasteiger partial charge in [0.2, 0.25) is 5.91 Å². The van der Waals surface area contributed by atoms with Crippen molar-refractivity contribution in [2.75, 3.05) is 11.9 Å². The van der Waals surface area contributed by atoms with E-state index in [4.69, 9.17) is 27.6 Å². The van der Waals surface area contributed by atoms with Crippen molar-refractivity contribution in [1.82, 2.24) is 14.7 Å². The predicted octanol–water partition coefficient (Wildman–Crippen LogP) is 6.86. The molecular formula is C29H21Cl2FN4O3. The van der Waals surface area contributed by atoms with Crippen molar-refractivity contribution in [3.05, 3.63) is 124 Å². The number of furan rings is 1. The maximum absolute atomic E-state index is 13.6. The number of anilines is 1. The summed E-state index contributed by atoms with van der Waals surface area (Å²) in [6.45, 7) is -0.249. The first kappa shape index (κ1) is 26.2. The van der Waals surface area contributed by atoms with Gasteiger partial charge in [-0.1, -0.05) is 53.5 Å². The van der Waals surface area contributed by atoms with E-state index in [0.29, 0.717) is 28.0 Å². The van der Waals surface area contributed by atoms with E-state index in [2.05, 4.69) is 10.4 Å². The van der Waals surface area contributed by atoms with Crippen LogP contribution in [-0.4, -0.2) is 33.0 Å². The van der Waals surface area contributed by atoms with Crippen LogP contribution in [0.2, 0.25) is 10.0 Å². The van der Waals surface area contributed by atoms with Gasteiger partial charge in [-0.05, 0) is 54.6 Å². The molecule has 0 atom stereocenters. The Morgan fingerprint density at radius 3 is 2.38 bits per heavy atom. The lowest BCUT2D eigenvalue weighted by Crippen LogP contribution is -2.37. The molecule has 0 unspecified atom stereocenters. The van der Waals surface area contributed by atoms with Gasteiger partial charge in [0.15, 0.2) is 0 Å². The fourth-order valence-electron chi connectivity index (χ4n) is 3.96. The van der Waals surface area contributed by atoms with Crippen LogP contribution in [0, 0.1) is 5.82 Å². The van der Waals surface area contributed by atoms with Crippen molar-refractivity contribution in [2.24, 2.45) is 0 Å². The van der Waals surface area contributed by atoms with Crippen LogP contribution in [0.3, 0.4) is 0 Å². The van der Waals surface area contributed by atoms with Crippen LogP contribution in [0.15, 0.2) is 102 Å². The molecule has 2 aromatic heterocycles. The Bertz CT molecular complexity index is 1600. The van der Waals surface area contributed by atoms with Gasteiger partial charge in [-0.2, -0.15) is 5.10 Å². The number of carbonyl (C=O) groups excluding carboxylic acids is 2. The number of aromatic nitrogens is 2. The first-order valence-electron chi connectivity index (χ1n) is 11.9. The fraction of sp³-hybridized carbons (Fsp3) is 0.0690. The summed E-state index contributed by atoms with van der Waals surface area (Å²) >= 11 is 12.1. The second-order valence-corrected chi connectivity index (χ2v) is 9.40. The number of nitrogens with zero attached hydrogens (tertiary/aromatic N) is 3. The van der Waals surface area contributed by atoms with Gasteiger partial charge in [-0.25, -0.2) is 9.07 Å². The molecule has 7 nitrogen and oxygen atoms in total. The molecule has 5 aromatic rings. The number of carbonyl (C=O) groups is 2. The molecule has 0 aliphatic rings. The average Bonchev–Trinajstić information content (AvgIpc) is 3.61. The highest BCUT2D eigenvalue weighted by molar-refractivity contribution is 6.42. The Balaban J connectivity index is 1.43. The maximum Gasteiger partial charge on any atom is 0.254 e. The van der Waals surface area contributed by atoms with Crippen molar-refractivity contribution in [1.29, 1.82) is 0 Å². The van der Waals surface area contributed by atoms with E-state index in [9.17, 15) is 14.0 Å². The Morgan fingerprint density at radius 1 is 0.923 bits per heavy atom. The summed E-state index contributed by atoms with van der Waals surface area (Å²) in [5.41, 5.74) is 2.26. The summed E-state index contributed by atoms with van der Waals surface area (Å²) in [5.74, 6) is -0.451. The molecule has 196 valence electrons. The fourth-order valence-corrected chi connectivity index (χ4v) is 4.25. The van der Waals surface area contributed by atoms with Gasteiger partial charge < -0.3 is 14.6 Å². The molecule has 2 amide bonds. The van der Waals surface area contributed by atoms with Crippen molar-refractivity contribution >= 4 is 40.8 Å². The normalized spacial score (nSPS) is 10.8. The molecule has 0 fully saturated rings. The van der Waals surface area contributed by atoms with Crippen LogP contribution < -0.4 is 5.32 Å². The monoisotopic (exact) mass is 562 g/mol. The predicted molar refractivity (Wildman–Crippen MR) is 147 cm³/mol. The first-order chi connectivity index (χ1) is 18.9. The van der Waals surface area contributed by atoms with E-state index in [1.54, 1.807) is 36.4 Å². The number of amides is 2. The van der Waals surface area contributed by atoms with Crippen molar-refractivity contribution < 1.29 is 18.4 Å². The second kappa shape index (κ2) is 11.6. The van der Waals surface area contributed by atoms with Gasteiger partial charge >= 0.3 is 0 Å². The van der Waals surface area contributed by atoms with Gasteiger partial charge in [-0.3, -0.25) is 9.59 Å². The SMILES string of the molecule is O=C(CN(Cc1ccco1)C(=O)c1ccc(Cl)c(Cl)c1)Nc1cc(-c2ccccc2)nn1-c1ccc(F)cc1. The van der Waals surface area contributed by atoms with Crippen LogP contribution in [0.5, 0.6) is 0 Å². The molecule has 5 rings (SSSR count). The minimum atomic E-state index is -0.474. The van der Waals surface area contributed by atoms with Gasteiger partial charge in [0.1, 0.15) is 23.9 Å². The van der Waals surface area contributed by atoms with E-state index < -0.39 is 17.6 Å². The molecule has 39 heavy (non-hydrogen) atoms. The van der Waals surface area contributed by atoms with Crippen LogP contribution >= 0.6 is 23.2 Å². The molecule has 1 N–H and O–H groups in total. The topological polar surface area (TPSA) is 80.4 Å². The Kier molecular flexibility index (Phi) is 7.76. The van der Waals surface area contributed by atoms with Crippen molar-refractivity contribution in [3.63, 3.8) is 0 Å². The standard InChI is InChI=1S/C29H21Cl2FN4O3/c30-24-13-8-20(15-25(24)31)29(38)35(17-23-7-4-14-39-23)18-28(37)33-27-16-26(19-5-2-1-3-6-19)34-36(27)22-11-9-21(32)10-12-22/h1-16H,17-18H2,(H,33,37). The molecule has 0 radical (unpaired) electrons. The molecule has 0 bridgehead atoms. The summed E-state index contributed by atoms with van der Waals surface area (Å²) in [4.78, 5) is 28.0. The van der Waals surface area contributed by atoms with E-state index >= 15 is 0 Å². The minimum Gasteiger partial charge on any atom is -0.467 e. The van der Waals surface area contributed by atoms with Gasteiger partial charge in [0.05, 0.1) is 34.2 Å². The van der Waals surface area contributed by atoms with Crippen molar-refractivity contribution in [2.45, 2.75) is 6.54 Å². The number of nitrogens with one attached hydrogen (secondary N) is 1. The molecule has 10 heteroatoms. The minimum absolute atomic E-state index is 0.0476. The lowest BCUT2D eigenvalue weighted by atomic mass is 10.1. The van der Waals surface area contributed by atoms with Gasteiger partial charge in [-0.15, -0.1) is 0 Å². The van der Waals surface area contributed by atoms with E-state index in [1.807, 2.05) is 30.3 Å². The lowest BCUT2D eigenvalue weighted by molar-refractivity contribution is -0.117. The molecule has 0 saturated heterocycles. The summed E-state index contributed by atoms with van der Waals surface area (Å²) < 4.78 is 20.5. The summed E-state index contributed by atoms with van der Waals surface area (Å²) in [6, 6.07) is 24.8. The lowest BCUT2D eigenvalue weighted by Gasteiger charge is -2.21. The maximum atomic E-state index is 13.6. The smallest absolute Gasteiger partial charge is 0.254 e. The zero-order chi connectivity index (χ0) is 27.4. The van der Waals surface area contributed by atoms with Crippen molar-refractivity contribution in [3.8, 4) is 16.9 Å². The molecule has 0 spiro atoms. The number of benzene rings is 3. The van der Waals surface area contributed by atoms with E-state index in [0.717, 1.165) is 5.56 Å². The largest absolute Gasteiger partial charge is 0.467 e.